The van der Waals surface area contributed by atoms with E-state index in [2.05, 4.69) is 67.9 Å². The molecule has 0 spiro atoms. The van der Waals surface area contributed by atoms with E-state index >= 15 is 0 Å². The molecule has 5 rings (SSSR count). The van der Waals surface area contributed by atoms with Gasteiger partial charge in [0, 0.05) is 17.9 Å². The normalized spacial score (nSPS) is 15.6. The van der Waals surface area contributed by atoms with Crippen LogP contribution in [-0.4, -0.2) is 50.4 Å². The van der Waals surface area contributed by atoms with Crippen LogP contribution in [-0.2, 0) is 0 Å². The SMILES string of the molecule is C[C@H](Nc1ncc(C#N)c(-c2cnc3c(C(F)F)cccn23)n1)c1ccc(NC2CCN(C)CC2)cc1. The Hall–Kier alpha value is -4.10. The van der Waals surface area contributed by atoms with Crippen LogP contribution in [0.5, 0.6) is 0 Å². The number of likely N-dealkylation sites (tertiary alicyclic amines) is 1. The summed E-state index contributed by atoms with van der Waals surface area (Å²) in [5.41, 5.74) is 3.10. The first-order valence-corrected chi connectivity index (χ1v) is 12.3. The maximum atomic E-state index is 13.4. The molecule has 1 aliphatic rings. The second kappa shape index (κ2) is 10.5. The summed E-state index contributed by atoms with van der Waals surface area (Å²) in [6.45, 7) is 4.21. The first-order valence-electron chi connectivity index (χ1n) is 12.3. The highest BCUT2D eigenvalue weighted by atomic mass is 19.3. The fourth-order valence-electron chi connectivity index (χ4n) is 4.64. The lowest BCUT2D eigenvalue weighted by Gasteiger charge is -2.30. The zero-order valence-corrected chi connectivity index (χ0v) is 20.7. The summed E-state index contributed by atoms with van der Waals surface area (Å²) in [4.78, 5) is 15.4. The van der Waals surface area contributed by atoms with Gasteiger partial charge in [-0.1, -0.05) is 12.1 Å². The van der Waals surface area contributed by atoms with Gasteiger partial charge in [0.2, 0.25) is 5.95 Å². The van der Waals surface area contributed by atoms with Crippen LogP contribution in [0.3, 0.4) is 0 Å². The summed E-state index contributed by atoms with van der Waals surface area (Å²) >= 11 is 0. The number of alkyl halides is 2. The molecular weight excluding hydrogens is 474 g/mol. The fourth-order valence-corrected chi connectivity index (χ4v) is 4.64. The van der Waals surface area contributed by atoms with Crippen LogP contribution >= 0.6 is 0 Å². The number of imidazole rings is 1. The summed E-state index contributed by atoms with van der Waals surface area (Å²) in [6, 6.07) is 13.6. The van der Waals surface area contributed by atoms with Crippen LogP contribution < -0.4 is 10.6 Å². The van der Waals surface area contributed by atoms with Crippen molar-refractivity contribution in [2.75, 3.05) is 30.8 Å². The number of anilines is 2. The van der Waals surface area contributed by atoms with Gasteiger partial charge in [0.05, 0.1) is 35.3 Å². The largest absolute Gasteiger partial charge is 0.382 e. The van der Waals surface area contributed by atoms with E-state index < -0.39 is 6.43 Å². The molecule has 0 radical (unpaired) electrons. The van der Waals surface area contributed by atoms with Gasteiger partial charge in [-0.15, -0.1) is 0 Å². The minimum Gasteiger partial charge on any atom is -0.382 e. The number of fused-ring (bicyclic) bond motifs is 1. The highest BCUT2D eigenvalue weighted by Crippen LogP contribution is 2.29. The fraction of sp³-hybridized carbons (Fsp3) is 0.333. The molecule has 8 nitrogen and oxygen atoms in total. The lowest BCUT2D eigenvalue weighted by atomic mass is 10.0. The Bertz CT molecular complexity index is 1420. The Balaban J connectivity index is 1.34. The molecule has 1 aromatic carbocycles. The van der Waals surface area contributed by atoms with Crippen molar-refractivity contribution >= 4 is 17.3 Å². The standard InChI is InChI=1S/C27H28F2N8/c1-17(18-5-7-20(8-6-18)34-21-9-12-36(2)13-10-21)33-27-32-15-19(14-30)24(35-27)23-16-31-26-22(25(28)29)4-3-11-37(23)26/h3-8,11,15-17,21,25,34H,9-10,12-13H2,1-2H3,(H,32,33,35)/t17-/m0/s1. The van der Waals surface area contributed by atoms with Gasteiger partial charge in [-0.2, -0.15) is 5.26 Å². The Labute approximate surface area is 214 Å². The third-order valence-electron chi connectivity index (χ3n) is 6.80. The van der Waals surface area contributed by atoms with Crippen molar-refractivity contribution in [3.63, 3.8) is 0 Å². The molecule has 0 aliphatic carbocycles. The summed E-state index contributed by atoms with van der Waals surface area (Å²) in [6.07, 6.45) is 4.11. The van der Waals surface area contributed by atoms with Gasteiger partial charge < -0.3 is 15.5 Å². The smallest absolute Gasteiger partial charge is 0.267 e. The van der Waals surface area contributed by atoms with E-state index in [0.29, 0.717) is 23.4 Å². The average molecular weight is 503 g/mol. The van der Waals surface area contributed by atoms with Crippen molar-refractivity contribution in [1.29, 1.82) is 5.26 Å². The van der Waals surface area contributed by atoms with E-state index in [4.69, 9.17) is 0 Å². The highest BCUT2D eigenvalue weighted by molar-refractivity contribution is 5.68. The van der Waals surface area contributed by atoms with Crippen LogP contribution in [0.4, 0.5) is 20.4 Å². The minimum absolute atomic E-state index is 0.106. The topological polar surface area (TPSA) is 94.2 Å². The third kappa shape index (κ3) is 5.22. The van der Waals surface area contributed by atoms with Crippen molar-refractivity contribution in [2.24, 2.45) is 0 Å². The monoisotopic (exact) mass is 502 g/mol. The molecule has 10 heteroatoms. The molecule has 1 fully saturated rings. The number of pyridine rings is 1. The lowest BCUT2D eigenvalue weighted by molar-refractivity contribution is 0.152. The van der Waals surface area contributed by atoms with Gasteiger partial charge in [0.25, 0.3) is 6.43 Å². The van der Waals surface area contributed by atoms with Gasteiger partial charge in [0.1, 0.15) is 17.4 Å². The van der Waals surface area contributed by atoms with Gasteiger partial charge in [-0.25, -0.2) is 23.7 Å². The van der Waals surface area contributed by atoms with E-state index in [1.54, 1.807) is 6.20 Å². The number of aromatic nitrogens is 4. The molecule has 0 amide bonds. The Morgan fingerprint density at radius 3 is 2.54 bits per heavy atom. The summed E-state index contributed by atoms with van der Waals surface area (Å²) in [7, 11) is 2.15. The molecular formula is C27H28F2N8. The third-order valence-corrected chi connectivity index (χ3v) is 6.80. The summed E-state index contributed by atoms with van der Waals surface area (Å²) in [5, 5.41) is 16.5. The molecule has 190 valence electrons. The van der Waals surface area contributed by atoms with Crippen molar-refractivity contribution < 1.29 is 8.78 Å². The lowest BCUT2D eigenvalue weighted by Crippen LogP contribution is -2.36. The maximum Gasteiger partial charge on any atom is 0.267 e. The molecule has 4 heterocycles. The first-order chi connectivity index (χ1) is 17.9. The number of piperidine rings is 1. The molecule has 37 heavy (non-hydrogen) atoms. The van der Waals surface area contributed by atoms with E-state index in [1.165, 1.54) is 28.9 Å². The maximum absolute atomic E-state index is 13.4. The molecule has 4 aromatic rings. The number of rotatable bonds is 7. The molecule has 0 bridgehead atoms. The Morgan fingerprint density at radius 2 is 1.84 bits per heavy atom. The number of hydrogen-bond donors (Lipinski definition) is 2. The number of nitriles is 1. The first kappa shape index (κ1) is 24.6. The quantitative estimate of drug-likeness (QED) is 0.355. The zero-order chi connectivity index (χ0) is 25.9. The number of nitrogens with one attached hydrogen (secondary N) is 2. The van der Waals surface area contributed by atoms with Gasteiger partial charge in [-0.3, -0.25) is 4.40 Å². The molecule has 3 aromatic heterocycles. The summed E-state index contributed by atoms with van der Waals surface area (Å²) in [5.74, 6) is 0.329. The number of halogens is 2. The minimum atomic E-state index is -2.66. The van der Waals surface area contributed by atoms with Gasteiger partial charge >= 0.3 is 0 Å². The van der Waals surface area contributed by atoms with E-state index in [-0.39, 0.29) is 22.8 Å². The zero-order valence-electron chi connectivity index (χ0n) is 20.7. The van der Waals surface area contributed by atoms with E-state index in [9.17, 15) is 14.0 Å². The van der Waals surface area contributed by atoms with Crippen LogP contribution in [0.1, 0.15) is 48.9 Å². The Kier molecular flexibility index (Phi) is 6.97. The molecule has 1 atom stereocenters. The second-order valence-electron chi connectivity index (χ2n) is 9.38. The van der Waals surface area contributed by atoms with Crippen molar-refractivity contribution in [1.82, 2.24) is 24.3 Å². The van der Waals surface area contributed by atoms with Crippen LogP contribution in [0.25, 0.3) is 17.0 Å². The van der Waals surface area contributed by atoms with Crippen molar-refractivity contribution in [2.45, 2.75) is 38.3 Å². The number of hydrogen-bond acceptors (Lipinski definition) is 7. The predicted molar refractivity (Wildman–Crippen MR) is 139 cm³/mol. The van der Waals surface area contributed by atoms with Crippen LogP contribution in [0, 0.1) is 11.3 Å². The molecule has 1 saturated heterocycles. The highest BCUT2D eigenvalue weighted by Gasteiger charge is 2.20. The average Bonchev–Trinajstić information content (AvgIpc) is 3.34. The van der Waals surface area contributed by atoms with E-state index in [0.717, 1.165) is 37.2 Å². The summed E-state index contributed by atoms with van der Waals surface area (Å²) < 4.78 is 28.4. The van der Waals surface area contributed by atoms with Crippen LogP contribution in [0.2, 0.25) is 0 Å². The van der Waals surface area contributed by atoms with Crippen molar-refractivity contribution in [3.8, 4) is 17.5 Å². The number of benzene rings is 1. The van der Waals surface area contributed by atoms with Crippen molar-refractivity contribution in [3.05, 3.63) is 71.7 Å². The number of nitrogens with zero attached hydrogens (tertiary/aromatic N) is 6. The molecule has 0 saturated carbocycles. The molecule has 2 N–H and O–H groups in total. The predicted octanol–water partition coefficient (Wildman–Crippen LogP) is 5.28. The van der Waals surface area contributed by atoms with Crippen LogP contribution in [0.15, 0.2) is 55.0 Å². The molecule has 1 aliphatic heterocycles. The molecule has 0 unspecified atom stereocenters. The van der Waals surface area contributed by atoms with Gasteiger partial charge in [-0.05, 0) is 69.7 Å². The Morgan fingerprint density at radius 1 is 1.08 bits per heavy atom. The second-order valence-corrected chi connectivity index (χ2v) is 9.38. The van der Waals surface area contributed by atoms with Gasteiger partial charge in [0.15, 0.2) is 0 Å². The van der Waals surface area contributed by atoms with E-state index in [1.807, 2.05) is 6.92 Å².